The lowest BCUT2D eigenvalue weighted by molar-refractivity contribution is 0.276. The van der Waals surface area contributed by atoms with Crippen LogP contribution < -0.4 is 5.73 Å². The second-order valence-electron chi connectivity index (χ2n) is 11.0. The molecule has 0 amide bonds. The Kier molecular flexibility index (Phi) is 6.76. The second kappa shape index (κ2) is 10.1. The van der Waals surface area contributed by atoms with Crippen LogP contribution in [0.1, 0.15) is 26.3 Å². The number of hydrogen-bond donors (Lipinski definition) is 1. The van der Waals surface area contributed by atoms with Gasteiger partial charge in [-0.3, -0.25) is 4.57 Å². The van der Waals surface area contributed by atoms with Gasteiger partial charge in [0.2, 0.25) is 0 Å². The fourth-order valence-electron chi connectivity index (χ4n) is 4.01. The predicted molar refractivity (Wildman–Crippen MR) is 158 cm³/mol. The topological polar surface area (TPSA) is 96.1 Å². The molecular weight excluding hydrogens is 502 g/mol. The lowest BCUT2D eigenvalue weighted by atomic mass is 10.1. The molecule has 196 valence electrons. The third kappa shape index (κ3) is 5.17. The number of nitrogens with zero attached hydrogens (tertiary/aromatic N) is 6. The lowest BCUT2D eigenvalue weighted by Crippen LogP contribution is -2.40. The van der Waals surface area contributed by atoms with Gasteiger partial charge in [0.15, 0.2) is 19.8 Å². The number of anilines is 1. The summed E-state index contributed by atoms with van der Waals surface area (Å²) in [7, 11) is -1.86. The molecule has 2 N–H and O–H groups in total. The second-order valence-corrected chi connectivity index (χ2v) is 15.8. The fourth-order valence-corrected chi connectivity index (χ4v) is 4.97. The molecule has 1 aromatic carbocycles. The van der Waals surface area contributed by atoms with Crippen molar-refractivity contribution in [3.05, 3.63) is 90.0 Å². The minimum Gasteiger partial charge on any atom is -0.413 e. The van der Waals surface area contributed by atoms with E-state index < -0.39 is 8.32 Å². The number of imidazole rings is 1. The van der Waals surface area contributed by atoms with Gasteiger partial charge in [-0.1, -0.05) is 39.5 Å². The van der Waals surface area contributed by atoms with E-state index in [0.29, 0.717) is 29.7 Å². The summed E-state index contributed by atoms with van der Waals surface area (Å²) in [6.07, 6.45) is 3.29. The Morgan fingerprint density at radius 3 is 2.44 bits per heavy atom. The van der Waals surface area contributed by atoms with Crippen molar-refractivity contribution in [3.8, 4) is 28.3 Å². The zero-order valence-corrected chi connectivity index (χ0v) is 23.8. The van der Waals surface area contributed by atoms with E-state index in [1.54, 1.807) is 18.5 Å². The van der Waals surface area contributed by atoms with E-state index in [0.717, 1.165) is 33.6 Å². The van der Waals surface area contributed by atoms with Crippen LogP contribution in [-0.4, -0.2) is 32.8 Å². The highest BCUT2D eigenvalue weighted by atomic mass is 28.4. The van der Waals surface area contributed by atoms with Gasteiger partial charge in [0, 0.05) is 11.9 Å². The molecule has 0 radical (unpaired) electrons. The molecule has 0 fully saturated rings. The fraction of sp³-hybridized carbons (Fsp3) is 0.233. The Morgan fingerprint density at radius 1 is 0.974 bits per heavy atom. The quantitative estimate of drug-likeness (QED) is 0.183. The average molecular weight is 534 g/mol. The lowest BCUT2D eigenvalue weighted by Gasteiger charge is -2.36. The van der Waals surface area contributed by atoms with E-state index in [4.69, 9.17) is 26.7 Å². The van der Waals surface area contributed by atoms with Gasteiger partial charge in [0.05, 0.1) is 17.9 Å². The first kappa shape index (κ1) is 26.2. The monoisotopic (exact) mass is 533 g/mol. The van der Waals surface area contributed by atoms with E-state index >= 15 is 0 Å². The van der Waals surface area contributed by atoms with Gasteiger partial charge in [-0.2, -0.15) is 0 Å². The minimum absolute atomic E-state index is 0.148. The van der Waals surface area contributed by atoms with Crippen molar-refractivity contribution in [3.63, 3.8) is 0 Å². The SMILES string of the molecule is [C-]#[N+]c1cc(-c2ccc3nc(-c4cccnc4N)n(-c4ccc(CO[Si](C)(C)C(C)(C)C)cc4)c3n2)ccn1. The smallest absolute Gasteiger partial charge is 0.270 e. The van der Waals surface area contributed by atoms with Gasteiger partial charge >= 0.3 is 0 Å². The van der Waals surface area contributed by atoms with Crippen molar-refractivity contribution in [2.45, 2.75) is 45.5 Å². The molecule has 4 heterocycles. The van der Waals surface area contributed by atoms with Gasteiger partial charge in [0.25, 0.3) is 5.82 Å². The van der Waals surface area contributed by atoms with Gasteiger partial charge in [-0.15, -0.1) is 4.98 Å². The number of nitrogen functional groups attached to an aromatic ring is 1. The number of nitrogens with two attached hydrogens (primary N) is 1. The highest BCUT2D eigenvalue weighted by Gasteiger charge is 2.37. The summed E-state index contributed by atoms with van der Waals surface area (Å²) in [5.41, 5.74) is 11.9. The number of rotatable bonds is 6. The van der Waals surface area contributed by atoms with E-state index in [2.05, 4.69) is 72.9 Å². The Hall–Kier alpha value is -4.39. The molecule has 9 heteroatoms. The summed E-state index contributed by atoms with van der Waals surface area (Å²) in [5.74, 6) is 1.37. The summed E-state index contributed by atoms with van der Waals surface area (Å²) in [6, 6.07) is 19.5. The third-order valence-electron chi connectivity index (χ3n) is 7.34. The molecule has 5 aromatic rings. The highest BCUT2D eigenvalue weighted by Crippen LogP contribution is 2.37. The zero-order chi connectivity index (χ0) is 27.8. The standard InChI is InChI=1S/C30H31N7OSi/c1-30(2,3)39(5,6)38-19-20-9-11-22(12-10-20)37-28(23-8-7-16-34-27(23)31)36-25-14-13-24(35-29(25)37)21-15-17-33-26(18-21)32-4/h7-18H,19H2,1-3,5-6H3,(H2,31,34). The molecule has 0 spiro atoms. The minimum atomic E-state index is -1.86. The molecular formula is C30H31N7OSi. The Labute approximate surface area is 229 Å². The molecule has 0 saturated heterocycles. The molecule has 0 atom stereocenters. The van der Waals surface area contributed by atoms with Crippen LogP contribution in [0.25, 0.3) is 44.3 Å². The zero-order valence-electron chi connectivity index (χ0n) is 22.8. The van der Waals surface area contributed by atoms with Crippen LogP contribution in [0.4, 0.5) is 11.6 Å². The maximum absolute atomic E-state index is 7.31. The summed E-state index contributed by atoms with van der Waals surface area (Å²) >= 11 is 0. The Morgan fingerprint density at radius 2 is 1.74 bits per heavy atom. The van der Waals surface area contributed by atoms with Crippen molar-refractivity contribution < 1.29 is 4.43 Å². The van der Waals surface area contributed by atoms with Crippen molar-refractivity contribution in [1.29, 1.82) is 0 Å². The van der Waals surface area contributed by atoms with Crippen LogP contribution in [0.5, 0.6) is 0 Å². The van der Waals surface area contributed by atoms with E-state index in [1.807, 2.05) is 34.9 Å². The summed E-state index contributed by atoms with van der Waals surface area (Å²) in [5, 5.41) is 0.148. The maximum atomic E-state index is 7.31. The molecule has 5 rings (SSSR count). The van der Waals surface area contributed by atoms with E-state index in [1.165, 1.54) is 0 Å². The maximum Gasteiger partial charge on any atom is 0.270 e. The first-order chi connectivity index (χ1) is 18.6. The largest absolute Gasteiger partial charge is 0.413 e. The van der Waals surface area contributed by atoms with Crippen LogP contribution in [0.3, 0.4) is 0 Å². The van der Waals surface area contributed by atoms with Crippen LogP contribution in [0, 0.1) is 6.57 Å². The summed E-state index contributed by atoms with van der Waals surface area (Å²) in [4.78, 5) is 21.7. The Balaban J connectivity index is 1.61. The molecule has 4 aromatic heterocycles. The van der Waals surface area contributed by atoms with Crippen molar-refractivity contribution in [1.82, 2.24) is 24.5 Å². The van der Waals surface area contributed by atoms with Crippen LogP contribution in [0.15, 0.2) is 73.1 Å². The number of aromatic nitrogens is 5. The molecule has 0 aliphatic rings. The van der Waals surface area contributed by atoms with Crippen molar-refractivity contribution in [2.75, 3.05) is 5.73 Å². The molecule has 0 aliphatic carbocycles. The van der Waals surface area contributed by atoms with Crippen molar-refractivity contribution >= 4 is 31.1 Å². The third-order valence-corrected chi connectivity index (χ3v) is 11.8. The van der Waals surface area contributed by atoms with E-state index in [9.17, 15) is 0 Å². The summed E-state index contributed by atoms with van der Waals surface area (Å²) in [6.45, 7) is 19.1. The normalized spacial score (nSPS) is 12.0. The molecule has 0 aliphatic heterocycles. The van der Waals surface area contributed by atoms with Gasteiger partial charge in [0.1, 0.15) is 17.5 Å². The number of pyridine rings is 3. The number of hydrogen-bond acceptors (Lipinski definition) is 6. The molecule has 8 nitrogen and oxygen atoms in total. The van der Waals surface area contributed by atoms with Crippen LogP contribution in [0.2, 0.25) is 18.1 Å². The summed E-state index contributed by atoms with van der Waals surface area (Å²) < 4.78 is 8.43. The molecule has 0 unspecified atom stereocenters. The predicted octanol–water partition coefficient (Wildman–Crippen LogP) is 7.20. The van der Waals surface area contributed by atoms with Crippen LogP contribution in [-0.2, 0) is 11.0 Å². The van der Waals surface area contributed by atoms with Gasteiger partial charge in [-0.25, -0.2) is 15.0 Å². The van der Waals surface area contributed by atoms with E-state index in [-0.39, 0.29) is 5.04 Å². The van der Waals surface area contributed by atoms with Crippen LogP contribution >= 0.6 is 0 Å². The van der Waals surface area contributed by atoms with Gasteiger partial charge < -0.3 is 15.0 Å². The molecule has 39 heavy (non-hydrogen) atoms. The number of benzene rings is 1. The average Bonchev–Trinajstić information content (AvgIpc) is 3.30. The molecule has 0 saturated carbocycles. The number of fused-ring (bicyclic) bond motifs is 1. The first-order valence-corrected chi connectivity index (χ1v) is 15.7. The Bertz CT molecular complexity index is 1700. The van der Waals surface area contributed by atoms with Gasteiger partial charge in [-0.05, 0) is 77.8 Å². The van der Waals surface area contributed by atoms with Crippen molar-refractivity contribution in [2.24, 2.45) is 0 Å². The highest BCUT2D eigenvalue weighted by molar-refractivity contribution is 6.74. The first-order valence-electron chi connectivity index (χ1n) is 12.7. The molecule has 0 bridgehead atoms.